The molecule has 0 aromatic heterocycles. The Hall–Kier alpha value is -0.860. The molecular weight excluding hydrogens is 190 g/mol. The third-order valence-electron chi connectivity index (χ3n) is 3.69. The largest absolute Gasteiger partial charge is 0.333 e. The Bertz CT molecular complexity index is 246. The van der Waals surface area contributed by atoms with Gasteiger partial charge in [0, 0.05) is 12.5 Å². The molecule has 84 valence electrons. The Morgan fingerprint density at radius 1 is 1.07 bits per heavy atom. The molecule has 0 aromatic rings. The molecule has 1 saturated heterocycles. The lowest BCUT2D eigenvalue weighted by molar-refractivity contribution is -0.139. The van der Waals surface area contributed by atoms with Crippen molar-refractivity contribution in [2.75, 3.05) is 6.54 Å². The van der Waals surface area contributed by atoms with Crippen LogP contribution in [0.3, 0.4) is 0 Å². The van der Waals surface area contributed by atoms with Gasteiger partial charge >= 0.3 is 0 Å². The van der Waals surface area contributed by atoms with E-state index >= 15 is 0 Å². The molecular formula is C12H19NO2. The average molecular weight is 209 g/mol. The zero-order valence-electron chi connectivity index (χ0n) is 9.15. The summed E-state index contributed by atoms with van der Waals surface area (Å²) in [5, 5.41) is 0. The Morgan fingerprint density at radius 3 is 2.47 bits per heavy atom. The lowest BCUT2D eigenvalue weighted by atomic mass is 9.88. The van der Waals surface area contributed by atoms with Gasteiger partial charge in [-0.2, -0.15) is 0 Å². The van der Waals surface area contributed by atoms with Gasteiger partial charge in [-0.05, 0) is 25.7 Å². The zero-order chi connectivity index (χ0) is 10.7. The van der Waals surface area contributed by atoms with Crippen molar-refractivity contribution in [3.05, 3.63) is 0 Å². The van der Waals surface area contributed by atoms with Crippen molar-refractivity contribution in [2.45, 2.75) is 51.0 Å². The minimum absolute atomic E-state index is 0.126. The van der Waals surface area contributed by atoms with Crippen molar-refractivity contribution < 1.29 is 9.59 Å². The van der Waals surface area contributed by atoms with E-state index in [4.69, 9.17) is 0 Å². The van der Waals surface area contributed by atoms with Crippen LogP contribution < -0.4 is 0 Å². The fourth-order valence-electron chi connectivity index (χ4n) is 2.79. The lowest BCUT2D eigenvalue weighted by Crippen LogP contribution is -2.40. The number of rotatable bonds is 2. The first-order valence-corrected chi connectivity index (χ1v) is 6.08. The molecule has 1 amide bonds. The number of hydrogen-bond donors (Lipinski definition) is 0. The van der Waals surface area contributed by atoms with Crippen molar-refractivity contribution in [3.8, 4) is 0 Å². The normalized spacial score (nSPS) is 28.0. The molecule has 0 spiro atoms. The van der Waals surface area contributed by atoms with E-state index in [1.165, 1.54) is 19.3 Å². The fraction of sp³-hybridized carbons (Fsp3) is 0.833. The summed E-state index contributed by atoms with van der Waals surface area (Å²) in [5.74, 6) is 0.448. The van der Waals surface area contributed by atoms with E-state index < -0.39 is 0 Å². The molecule has 0 radical (unpaired) electrons. The van der Waals surface area contributed by atoms with Gasteiger partial charge < -0.3 is 9.69 Å². The van der Waals surface area contributed by atoms with Crippen LogP contribution in [-0.2, 0) is 9.59 Å². The highest BCUT2D eigenvalue weighted by Crippen LogP contribution is 2.28. The van der Waals surface area contributed by atoms with Crippen LogP contribution in [0.1, 0.15) is 44.9 Å². The van der Waals surface area contributed by atoms with E-state index in [0.29, 0.717) is 0 Å². The maximum Gasteiger partial charge on any atom is 0.226 e. The number of carbonyl (C=O) groups excluding carboxylic acids is 2. The molecule has 0 bridgehead atoms. The van der Waals surface area contributed by atoms with E-state index in [0.717, 1.165) is 38.5 Å². The molecule has 3 heteroatoms. The van der Waals surface area contributed by atoms with Crippen molar-refractivity contribution in [3.63, 3.8) is 0 Å². The molecule has 2 fully saturated rings. The molecule has 1 heterocycles. The SMILES string of the molecule is O=CC1CCCN1C(=O)C1CCCCC1. The minimum atomic E-state index is -0.126. The molecule has 15 heavy (non-hydrogen) atoms. The van der Waals surface area contributed by atoms with E-state index in [1.54, 1.807) is 0 Å². The maximum atomic E-state index is 12.1. The molecule has 3 nitrogen and oxygen atoms in total. The van der Waals surface area contributed by atoms with Crippen LogP contribution in [0, 0.1) is 5.92 Å². The second-order valence-corrected chi connectivity index (χ2v) is 4.71. The summed E-state index contributed by atoms with van der Waals surface area (Å²) < 4.78 is 0. The second-order valence-electron chi connectivity index (χ2n) is 4.71. The Morgan fingerprint density at radius 2 is 1.80 bits per heavy atom. The summed E-state index contributed by atoms with van der Waals surface area (Å²) in [6, 6.07) is -0.126. The van der Waals surface area contributed by atoms with Crippen LogP contribution in [0.4, 0.5) is 0 Å². The average Bonchev–Trinajstić information content (AvgIpc) is 2.77. The molecule has 1 atom stereocenters. The van der Waals surface area contributed by atoms with Crippen molar-refractivity contribution in [1.82, 2.24) is 4.90 Å². The number of amides is 1. The third kappa shape index (κ3) is 2.21. The van der Waals surface area contributed by atoms with Gasteiger partial charge in [0.1, 0.15) is 6.29 Å². The first kappa shape index (κ1) is 10.7. The molecule has 2 rings (SSSR count). The summed E-state index contributed by atoms with van der Waals surface area (Å²) in [5.41, 5.74) is 0. The minimum Gasteiger partial charge on any atom is -0.333 e. The van der Waals surface area contributed by atoms with Crippen LogP contribution in [0.15, 0.2) is 0 Å². The first-order valence-electron chi connectivity index (χ1n) is 6.08. The fourth-order valence-corrected chi connectivity index (χ4v) is 2.79. The molecule has 1 aliphatic carbocycles. The van der Waals surface area contributed by atoms with Crippen LogP contribution in [0.5, 0.6) is 0 Å². The standard InChI is InChI=1S/C12H19NO2/c14-9-11-7-4-8-13(11)12(15)10-5-2-1-3-6-10/h9-11H,1-8H2. The number of carbonyl (C=O) groups is 2. The van der Waals surface area contributed by atoms with Gasteiger partial charge in [0.2, 0.25) is 5.91 Å². The van der Waals surface area contributed by atoms with Gasteiger partial charge in [-0.3, -0.25) is 4.79 Å². The van der Waals surface area contributed by atoms with Crippen LogP contribution in [0.2, 0.25) is 0 Å². The molecule has 1 saturated carbocycles. The highest BCUT2D eigenvalue weighted by Gasteiger charge is 2.33. The number of aldehydes is 1. The number of likely N-dealkylation sites (tertiary alicyclic amines) is 1. The zero-order valence-corrected chi connectivity index (χ0v) is 9.15. The van der Waals surface area contributed by atoms with E-state index in [1.807, 2.05) is 4.90 Å². The van der Waals surface area contributed by atoms with Gasteiger partial charge in [0.05, 0.1) is 6.04 Å². The van der Waals surface area contributed by atoms with E-state index in [9.17, 15) is 9.59 Å². The summed E-state index contributed by atoms with van der Waals surface area (Å²) in [6.07, 6.45) is 8.46. The summed E-state index contributed by atoms with van der Waals surface area (Å²) in [6.45, 7) is 0.790. The summed E-state index contributed by atoms with van der Waals surface area (Å²) in [4.78, 5) is 24.8. The Balaban J connectivity index is 1.96. The second kappa shape index (κ2) is 4.77. The quantitative estimate of drug-likeness (QED) is 0.650. The smallest absolute Gasteiger partial charge is 0.226 e. The van der Waals surface area contributed by atoms with Gasteiger partial charge in [-0.25, -0.2) is 0 Å². The monoisotopic (exact) mass is 209 g/mol. The molecule has 2 aliphatic rings. The van der Waals surface area contributed by atoms with Gasteiger partial charge in [0.25, 0.3) is 0 Å². The molecule has 0 aromatic carbocycles. The van der Waals surface area contributed by atoms with Crippen molar-refractivity contribution in [2.24, 2.45) is 5.92 Å². The molecule has 1 aliphatic heterocycles. The van der Waals surface area contributed by atoms with Crippen LogP contribution in [0.25, 0.3) is 0 Å². The number of hydrogen-bond acceptors (Lipinski definition) is 2. The topological polar surface area (TPSA) is 37.4 Å². The van der Waals surface area contributed by atoms with Crippen LogP contribution >= 0.6 is 0 Å². The molecule has 1 unspecified atom stereocenters. The van der Waals surface area contributed by atoms with Crippen molar-refractivity contribution >= 4 is 12.2 Å². The van der Waals surface area contributed by atoms with Gasteiger partial charge in [0.15, 0.2) is 0 Å². The van der Waals surface area contributed by atoms with Gasteiger partial charge in [-0.1, -0.05) is 19.3 Å². The predicted octanol–water partition coefficient (Wildman–Crippen LogP) is 1.76. The third-order valence-corrected chi connectivity index (χ3v) is 3.69. The summed E-state index contributed by atoms with van der Waals surface area (Å²) in [7, 11) is 0. The highest BCUT2D eigenvalue weighted by molar-refractivity contribution is 5.82. The maximum absolute atomic E-state index is 12.1. The lowest BCUT2D eigenvalue weighted by Gasteiger charge is -2.28. The Labute approximate surface area is 90.8 Å². The number of nitrogens with zero attached hydrogens (tertiary/aromatic N) is 1. The first-order chi connectivity index (χ1) is 7.33. The van der Waals surface area contributed by atoms with E-state index in [-0.39, 0.29) is 17.9 Å². The predicted molar refractivity (Wildman–Crippen MR) is 57.4 cm³/mol. The van der Waals surface area contributed by atoms with E-state index in [2.05, 4.69) is 0 Å². The Kier molecular flexibility index (Phi) is 3.39. The van der Waals surface area contributed by atoms with Gasteiger partial charge in [-0.15, -0.1) is 0 Å². The van der Waals surface area contributed by atoms with Crippen molar-refractivity contribution in [1.29, 1.82) is 0 Å². The summed E-state index contributed by atoms with van der Waals surface area (Å²) >= 11 is 0. The van der Waals surface area contributed by atoms with Crippen LogP contribution in [-0.4, -0.2) is 29.7 Å². The molecule has 0 N–H and O–H groups in total. The highest BCUT2D eigenvalue weighted by atomic mass is 16.2.